The highest BCUT2D eigenvalue weighted by molar-refractivity contribution is 6.20. The highest BCUT2D eigenvalue weighted by atomic mass is 16.6. The number of nitrogens with zero attached hydrogens (tertiary/aromatic N) is 3. The number of benzene rings is 2. The summed E-state index contributed by atoms with van der Waals surface area (Å²) in [7, 11) is 3.07. The number of fused-ring (bicyclic) bond motifs is 4. The van der Waals surface area contributed by atoms with Gasteiger partial charge < -0.3 is 14.4 Å². The van der Waals surface area contributed by atoms with E-state index in [2.05, 4.69) is 12.2 Å². The normalized spacial score (nSPS) is 24.6. The van der Waals surface area contributed by atoms with Gasteiger partial charge in [-0.1, -0.05) is 13.0 Å². The van der Waals surface area contributed by atoms with Gasteiger partial charge in [-0.05, 0) is 54.5 Å². The molecule has 4 amide bonds. The maximum absolute atomic E-state index is 14.2. The summed E-state index contributed by atoms with van der Waals surface area (Å²) in [6.45, 7) is 2.75. The molecule has 3 heterocycles. The zero-order valence-electron chi connectivity index (χ0n) is 21.6. The molecule has 5 rings (SSSR count). The predicted octanol–water partition coefficient (Wildman–Crippen LogP) is 3.08. The van der Waals surface area contributed by atoms with Crippen LogP contribution >= 0.6 is 0 Å². The number of carbonyl (C=O) groups is 3. The van der Waals surface area contributed by atoms with Crippen molar-refractivity contribution in [3.05, 3.63) is 57.6 Å². The number of hydrogen-bond donors (Lipinski definition) is 1. The first-order valence-electron chi connectivity index (χ1n) is 12.6. The highest BCUT2D eigenvalue weighted by Crippen LogP contribution is 2.49. The van der Waals surface area contributed by atoms with Crippen LogP contribution in [0.3, 0.4) is 0 Å². The molecule has 0 saturated carbocycles. The van der Waals surface area contributed by atoms with E-state index in [9.17, 15) is 24.5 Å². The molecule has 0 bridgehead atoms. The smallest absolute Gasteiger partial charge is 0.330 e. The molecule has 11 nitrogen and oxygen atoms in total. The van der Waals surface area contributed by atoms with E-state index >= 15 is 0 Å². The molecule has 11 heteroatoms. The number of rotatable bonds is 6. The summed E-state index contributed by atoms with van der Waals surface area (Å²) < 4.78 is 10.6. The Morgan fingerprint density at radius 3 is 2.58 bits per heavy atom. The number of carbonyl (C=O) groups excluding carboxylic acids is 3. The molecule has 38 heavy (non-hydrogen) atoms. The fourth-order valence-corrected chi connectivity index (χ4v) is 6.06. The molecule has 2 aromatic carbocycles. The van der Waals surface area contributed by atoms with E-state index in [1.165, 1.54) is 26.4 Å². The maximum atomic E-state index is 14.2. The zero-order chi connectivity index (χ0) is 27.2. The van der Waals surface area contributed by atoms with Crippen molar-refractivity contribution < 1.29 is 28.8 Å². The molecule has 3 atom stereocenters. The third kappa shape index (κ3) is 4.02. The predicted molar refractivity (Wildman–Crippen MR) is 137 cm³/mol. The topological polar surface area (TPSA) is 131 Å². The first-order valence-corrected chi connectivity index (χ1v) is 12.6. The highest BCUT2D eigenvalue weighted by Gasteiger charge is 2.62. The first kappa shape index (κ1) is 25.5. The molecule has 2 aromatic rings. The van der Waals surface area contributed by atoms with Gasteiger partial charge in [0, 0.05) is 37.3 Å². The standard InChI is InChI=1S/C27H30N4O7/c1-16-8-10-29-20-6-5-19(31(35)36)14-18(20)15-27(23(29)12-16)24(32)28-26(34)30(25(27)33)11-9-17-4-7-21(37-2)22(13-17)38-3/h4-7,13-14,16,23H,8-12,15H2,1-3H3,(H,28,32,34)/t16-,23+,27-/m1/s1. The minimum atomic E-state index is -1.57. The van der Waals surface area contributed by atoms with Crippen LogP contribution in [0.1, 0.15) is 30.9 Å². The van der Waals surface area contributed by atoms with Crippen molar-refractivity contribution in [2.75, 3.05) is 32.2 Å². The lowest BCUT2D eigenvalue weighted by Gasteiger charge is -2.54. The van der Waals surface area contributed by atoms with Crippen LogP contribution in [0.15, 0.2) is 36.4 Å². The third-order valence-corrected chi connectivity index (χ3v) is 8.06. The number of barbiturate groups is 1. The van der Waals surface area contributed by atoms with Crippen LogP contribution in [-0.2, 0) is 22.4 Å². The molecule has 2 saturated heterocycles. The van der Waals surface area contributed by atoms with Crippen LogP contribution in [-0.4, -0.2) is 61.0 Å². The molecule has 0 radical (unpaired) electrons. The molecule has 0 aliphatic carbocycles. The number of imide groups is 2. The largest absolute Gasteiger partial charge is 0.493 e. The Labute approximate surface area is 219 Å². The van der Waals surface area contributed by atoms with E-state index in [0.717, 1.165) is 22.6 Å². The van der Waals surface area contributed by atoms with Gasteiger partial charge in [-0.15, -0.1) is 0 Å². The van der Waals surface area contributed by atoms with Crippen LogP contribution < -0.4 is 19.7 Å². The van der Waals surface area contributed by atoms with Crippen LogP contribution in [0.5, 0.6) is 11.5 Å². The van der Waals surface area contributed by atoms with Gasteiger partial charge in [0.25, 0.3) is 5.69 Å². The Balaban J connectivity index is 1.51. The lowest BCUT2D eigenvalue weighted by Crippen LogP contribution is -2.73. The Hall–Kier alpha value is -4.15. The summed E-state index contributed by atoms with van der Waals surface area (Å²) in [4.78, 5) is 54.8. The summed E-state index contributed by atoms with van der Waals surface area (Å²) in [5.74, 6) is 0.160. The number of methoxy groups -OCH3 is 2. The van der Waals surface area contributed by atoms with Gasteiger partial charge >= 0.3 is 6.03 Å². The minimum absolute atomic E-state index is 0.0112. The van der Waals surface area contributed by atoms with Gasteiger partial charge in [-0.2, -0.15) is 0 Å². The average molecular weight is 523 g/mol. The van der Waals surface area contributed by atoms with Gasteiger partial charge in [-0.3, -0.25) is 29.9 Å². The molecule has 1 spiro atoms. The van der Waals surface area contributed by atoms with E-state index in [-0.39, 0.29) is 24.6 Å². The van der Waals surface area contributed by atoms with Gasteiger partial charge in [0.05, 0.1) is 25.2 Å². The molecular weight excluding hydrogens is 492 g/mol. The Morgan fingerprint density at radius 1 is 1.11 bits per heavy atom. The molecule has 0 aromatic heterocycles. The summed E-state index contributed by atoms with van der Waals surface area (Å²) in [6, 6.07) is 8.74. The number of anilines is 1. The van der Waals surface area contributed by atoms with Crippen molar-refractivity contribution in [3.63, 3.8) is 0 Å². The SMILES string of the molecule is COc1ccc(CCN2C(=O)NC(=O)[C@]3(Cc4cc([N+](=O)[O-])ccc4N4CC[C@@H](C)C[C@H]43)C2=O)cc1OC. The molecule has 3 aliphatic rings. The van der Waals surface area contributed by atoms with E-state index in [1.54, 1.807) is 18.2 Å². The van der Waals surface area contributed by atoms with Gasteiger partial charge in [0.15, 0.2) is 16.9 Å². The minimum Gasteiger partial charge on any atom is -0.493 e. The Bertz CT molecular complexity index is 1330. The van der Waals surface area contributed by atoms with Gasteiger partial charge in [0.2, 0.25) is 11.8 Å². The van der Waals surface area contributed by atoms with Gasteiger partial charge in [-0.25, -0.2) is 4.79 Å². The summed E-state index contributed by atoms with van der Waals surface area (Å²) >= 11 is 0. The van der Waals surface area contributed by atoms with Crippen LogP contribution in [0.2, 0.25) is 0 Å². The lowest BCUT2D eigenvalue weighted by atomic mass is 9.65. The second-order valence-corrected chi connectivity index (χ2v) is 10.2. The molecule has 200 valence electrons. The molecule has 0 unspecified atom stereocenters. The monoisotopic (exact) mass is 522 g/mol. The van der Waals surface area contributed by atoms with Crippen molar-refractivity contribution in [1.82, 2.24) is 10.2 Å². The number of nitro groups is 1. The number of urea groups is 1. The first-order chi connectivity index (χ1) is 18.2. The Morgan fingerprint density at radius 2 is 1.87 bits per heavy atom. The second kappa shape index (κ2) is 9.62. The quantitative estimate of drug-likeness (QED) is 0.348. The third-order valence-electron chi connectivity index (χ3n) is 8.06. The van der Waals surface area contributed by atoms with E-state index in [1.807, 2.05) is 11.0 Å². The van der Waals surface area contributed by atoms with Crippen LogP contribution in [0.25, 0.3) is 0 Å². The van der Waals surface area contributed by atoms with Crippen molar-refractivity contribution in [3.8, 4) is 11.5 Å². The van der Waals surface area contributed by atoms with E-state index < -0.39 is 34.2 Å². The van der Waals surface area contributed by atoms with Crippen molar-refractivity contribution in [2.24, 2.45) is 11.3 Å². The number of nitrogens with one attached hydrogen (secondary N) is 1. The number of ether oxygens (including phenoxy) is 2. The number of piperidine rings is 1. The number of nitro benzene ring substituents is 1. The summed E-state index contributed by atoms with van der Waals surface area (Å²) in [5.41, 5.74) is 0.511. The summed E-state index contributed by atoms with van der Waals surface area (Å²) in [6.07, 6.45) is 1.79. The summed E-state index contributed by atoms with van der Waals surface area (Å²) in [5, 5.41) is 13.9. The van der Waals surface area contributed by atoms with Crippen molar-refractivity contribution >= 4 is 29.2 Å². The van der Waals surface area contributed by atoms with E-state index in [0.29, 0.717) is 36.4 Å². The maximum Gasteiger partial charge on any atom is 0.330 e. The van der Waals surface area contributed by atoms with Crippen LogP contribution in [0.4, 0.5) is 16.2 Å². The van der Waals surface area contributed by atoms with Crippen molar-refractivity contribution in [2.45, 2.75) is 38.6 Å². The second-order valence-electron chi connectivity index (χ2n) is 10.2. The lowest BCUT2D eigenvalue weighted by molar-refractivity contribution is -0.384. The molecule has 1 N–H and O–H groups in total. The number of amides is 4. The number of hydrogen-bond acceptors (Lipinski definition) is 8. The average Bonchev–Trinajstić information content (AvgIpc) is 2.91. The van der Waals surface area contributed by atoms with E-state index in [4.69, 9.17) is 9.47 Å². The van der Waals surface area contributed by atoms with Crippen LogP contribution in [0, 0.1) is 21.4 Å². The Kier molecular flexibility index (Phi) is 6.46. The fraction of sp³-hybridized carbons (Fsp3) is 0.444. The molecule has 3 aliphatic heterocycles. The zero-order valence-corrected chi connectivity index (χ0v) is 21.6. The van der Waals surface area contributed by atoms with Gasteiger partial charge in [0.1, 0.15) is 0 Å². The van der Waals surface area contributed by atoms with Crippen molar-refractivity contribution in [1.29, 1.82) is 0 Å². The molecule has 2 fully saturated rings. The number of non-ortho nitro benzene ring substituents is 1. The fourth-order valence-electron chi connectivity index (χ4n) is 6.06. The molecular formula is C27H30N4O7.